The van der Waals surface area contributed by atoms with Crippen molar-refractivity contribution in [2.24, 2.45) is 0 Å². The summed E-state index contributed by atoms with van der Waals surface area (Å²) in [4.78, 5) is 6.56. The van der Waals surface area contributed by atoms with Gasteiger partial charge in [0.1, 0.15) is 11.3 Å². The van der Waals surface area contributed by atoms with E-state index in [1.807, 2.05) is 38.4 Å². The van der Waals surface area contributed by atoms with Crippen molar-refractivity contribution in [2.45, 2.75) is 0 Å². The molecule has 0 saturated carbocycles. The Hall–Kier alpha value is -3.67. The maximum absolute atomic E-state index is 6.27. The first kappa shape index (κ1) is 19.6. The van der Waals surface area contributed by atoms with Gasteiger partial charge in [-0.1, -0.05) is 12.1 Å². The molecule has 2 aromatic heterocycles. The molecule has 6 nitrogen and oxygen atoms in total. The lowest BCUT2D eigenvalue weighted by Gasteiger charge is -2.13. The Balaban J connectivity index is 1.83. The van der Waals surface area contributed by atoms with Gasteiger partial charge in [-0.05, 0) is 35.9 Å². The number of nitrogens with zero attached hydrogens (tertiary/aromatic N) is 2. The maximum Gasteiger partial charge on any atom is 0.203 e. The summed E-state index contributed by atoms with van der Waals surface area (Å²) >= 11 is 0. The first-order valence-electron chi connectivity index (χ1n) is 9.52. The van der Waals surface area contributed by atoms with Crippen molar-refractivity contribution in [1.29, 1.82) is 0 Å². The fraction of sp³-hybridized carbons (Fsp3) is 0.208. The highest BCUT2D eigenvalue weighted by Crippen LogP contribution is 2.42. The van der Waals surface area contributed by atoms with Gasteiger partial charge >= 0.3 is 0 Å². The predicted molar refractivity (Wildman–Crippen MR) is 119 cm³/mol. The highest BCUT2D eigenvalue weighted by molar-refractivity contribution is 5.92. The van der Waals surface area contributed by atoms with Crippen molar-refractivity contribution < 1.29 is 18.6 Å². The Morgan fingerprint density at radius 2 is 1.47 bits per heavy atom. The molecule has 0 saturated heterocycles. The van der Waals surface area contributed by atoms with Crippen LogP contribution in [0, 0.1) is 0 Å². The molecule has 0 atom stereocenters. The number of methoxy groups -OCH3 is 3. The van der Waals surface area contributed by atoms with Crippen LogP contribution in [0.4, 0.5) is 5.69 Å². The second-order valence-electron chi connectivity index (χ2n) is 7.04. The van der Waals surface area contributed by atoms with Gasteiger partial charge in [-0.15, -0.1) is 0 Å². The summed E-state index contributed by atoms with van der Waals surface area (Å²) in [5, 5.41) is 0. The van der Waals surface area contributed by atoms with Crippen molar-refractivity contribution >= 4 is 16.8 Å². The minimum atomic E-state index is 0.541. The van der Waals surface area contributed by atoms with E-state index in [1.54, 1.807) is 27.5 Å². The molecule has 0 amide bonds. The standard InChI is InChI=1S/C24H24N2O4/c1-26(2)17-8-6-15(7-9-17)18-10-11-25-19-14-20(30-23(18)19)16-12-21(27-3)24(29-5)22(13-16)28-4/h6-14H,1-5H3. The van der Waals surface area contributed by atoms with E-state index in [4.69, 9.17) is 18.6 Å². The second kappa shape index (κ2) is 7.99. The number of aromatic nitrogens is 1. The summed E-state index contributed by atoms with van der Waals surface area (Å²) in [6, 6.07) is 16.0. The number of hydrogen-bond donors (Lipinski definition) is 0. The summed E-state index contributed by atoms with van der Waals surface area (Å²) in [6.45, 7) is 0. The summed E-state index contributed by atoms with van der Waals surface area (Å²) < 4.78 is 22.6. The topological polar surface area (TPSA) is 57.0 Å². The van der Waals surface area contributed by atoms with Crippen molar-refractivity contribution in [3.8, 4) is 39.7 Å². The van der Waals surface area contributed by atoms with Crippen LogP contribution in [-0.4, -0.2) is 40.4 Å². The molecule has 154 valence electrons. The maximum atomic E-state index is 6.27. The SMILES string of the molecule is COc1cc(-c2cc3nccc(-c4ccc(N(C)C)cc4)c3o2)cc(OC)c1OC. The Labute approximate surface area is 175 Å². The number of ether oxygens (including phenoxy) is 3. The van der Waals surface area contributed by atoms with Gasteiger partial charge in [0, 0.05) is 43.2 Å². The predicted octanol–water partition coefficient (Wildman–Crippen LogP) is 5.25. The molecule has 0 bridgehead atoms. The lowest BCUT2D eigenvalue weighted by molar-refractivity contribution is 0.324. The summed E-state index contributed by atoms with van der Waals surface area (Å²) in [5.74, 6) is 2.35. The van der Waals surface area contributed by atoms with Crippen LogP contribution in [0.15, 0.2) is 59.1 Å². The van der Waals surface area contributed by atoms with Crippen molar-refractivity contribution in [3.63, 3.8) is 0 Å². The Kier molecular flexibility index (Phi) is 5.23. The van der Waals surface area contributed by atoms with E-state index in [2.05, 4.69) is 34.1 Å². The van der Waals surface area contributed by atoms with E-state index in [9.17, 15) is 0 Å². The molecular weight excluding hydrogens is 380 g/mol. The molecule has 0 fully saturated rings. The van der Waals surface area contributed by atoms with Gasteiger partial charge in [0.15, 0.2) is 17.1 Å². The number of anilines is 1. The number of hydrogen-bond acceptors (Lipinski definition) is 6. The zero-order valence-electron chi connectivity index (χ0n) is 17.7. The fourth-order valence-electron chi connectivity index (χ4n) is 3.47. The zero-order valence-corrected chi connectivity index (χ0v) is 17.7. The third kappa shape index (κ3) is 3.41. The Morgan fingerprint density at radius 1 is 0.800 bits per heavy atom. The molecule has 4 rings (SSSR count). The Morgan fingerprint density at radius 3 is 2.03 bits per heavy atom. The first-order valence-corrected chi connectivity index (χ1v) is 9.52. The van der Waals surface area contributed by atoms with E-state index < -0.39 is 0 Å². The summed E-state index contributed by atoms with van der Waals surface area (Å²) in [6.07, 6.45) is 1.80. The highest BCUT2D eigenvalue weighted by atomic mass is 16.5. The molecule has 0 aliphatic heterocycles. The summed E-state index contributed by atoms with van der Waals surface area (Å²) in [7, 11) is 8.82. The number of fused-ring (bicyclic) bond motifs is 1. The summed E-state index contributed by atoms with van der Waals surface area (Å²) in [5.41, 5.74) is 5.53. The minimum absolute atomic E-state index is 0.541. The number of furan rings is 1. The van der Waals surface area contributed by atoms with E-state index >= 15 is 0 Å². The van der Waals surface area contributed by atoms with Crippen LogP contribution >= 0.6 is 0 Å². The lowest BCUT2D eigenvalue weighted by Crippen LogP contribution is -2.07. The molecule has 30 heavy (non-hydrogen) atoms. The lowest BCUT2D eigenvalue weighted by atomic mass is 10.1. The molecule has 4 aromatic rings. The highest BCUT2D eigenvalue weighted by Gasteiger charge is 2.18. The minimum Gasteiger partial charge on any atom is -0.493 e. The van der Waals surface area contributed by atoms with Gasteiger partial charge < -0.3 is 23.5 Å². The fourth-order valence-corrected chi connectivity index (χ4v) is 3.47. The molecule has 0 unspecified atom stereocenters. The smallest absolute Gasteiger partial charge is 0.203 e. The van der Waals surface area contributed by atoms with Crippen LogP contribution in [0.25, 0.3) is 33.6 Å². The third-order valence-corrected chi connectivity index (χ3v) is 5.06. The molecule has 0 N–H and O–H groups in total. The average Bonchev–Trinajstić information content (AvgIpc) is 3.22. The number of pyridine rings is 1. The van der Waals surface area contributed by atoms with Crippen LogP contribution in [0.3, 0.4) is 0 Å². The number of benzene rings is 2. The van der Waals surface area contributed by atoms with Gasteiger partial charge in [0.2, 0.25) is 5.75 Å². The van der Waals surface area contributed by atoms with Gasteiger partial charge in [-0.3, -0.25) is 4.98 Å². The van der Waals surface area contributed by atoms with Gasteiger partial charge in [0.25, 0.3) is 0 Å². The van der Waals surface area contributed by atoms with Crippen LogP contribution in [0.1, 0.15) is 0 Å². The monoisotopic (exact) mass is 404 g/mol. The van der Waals surface area contributed by atoms with Crippen LogP contribution in [0.5, 0.6) is 17.2 Å². The molecule has 2 heterocycles. The number of rotatable bonds is 6. The van der Waals surface area contributed by atoms with Gasteiger partial charge in [-0.2, -0.15) is 0 Å². The van der Waals surface area contributed by atoms with Crippen LogP contribution in [0.2, 0.25) is 0 Å². The molecular formula is C24H24N2O4. The van der Waals surface area contributed by atoms with Gasteiger partial charge in [0.05, 0.1) is 21.3 Å². The molecule has 2 aromatic carbocycles. The third-order valence-electron chi connectivity index (χ3n) is 5.06. The van der Waals surface area contributed by atoms with E-state index in [-0.39, 0.29) is 0 Å². The molecule has 0 radical (unpaired) electrons. The van der Waals surface area contributed by atoms with Crippen LogP contribution in [-0.2, 0) is 0 Å². The molecule has 0 spiro atoms. The normalized spacial score (nSPS) is 10.8. The first-order chi connectivity index (χ1) is 14.5. The van der Waals surface area contributed by atoms with Crippen LogP contribution < -0.4 is 19.1 Å². The van der Waals surface area contributed by atoms with Gasteiger partial charge in [-0.25, -0.2) is 0 Å². The van der Waals surface area contributed by atoms with E-state index in [1.165, 1.54) is 0 Å². The largest absolute Gasteiger partial charge is 0.493 e. The average molecular weight is 404 g/mol. The van der Waals surface area contributed by atoms with E-state index in [0.29, 0.717) is 23.0 Å². The second-order valence-corrected chi connectivity index (χ2v) is 7.04. The van der Waals surface area contributed by atoms with Crippen molar-refractivity contribution in [3.05, 3.63) is 54.7 Å². The molecule has 0 aliphatic carbocycles. The van der Waals surface area contributed by atoms with Crippen molar-refractivity contribution in [2.75, 3.05) is 40.3 Å². The Bertz CT molecular complexity index is 1150. The molecule has 6 heteroatoms. The zero-order chi connectivity index (χ0) is 21.3. The molecule has 0 aliphatic rings. The van der Waals surface area contributed by atoms with E-state index in [0.717, 1.165) is 33.5 Å². The van der Waals surface area contributed by atoms with Crippen molar-refractivity contribution in [1.82, 2.24) is 4.98 Å². The quantitative estimate of drug-likeness (QED) is 0.437.